The molecule has 11 nitrogen and oxygen atoms in total. The Morgan fingerprint density at radius 2 is 2.03 bits per heavy atom. The number of nitrogens with zero attached hydrogens (tertiary/aromatic N) is 2. The Morgan fingerprint density at radius 1 is 1.26 bits per heavy atom. The summed E-state index contributed by atoms with van der Waals surface area (Å²) in [6.45, 7) is 3.93. The minimum absolute atomic E-state index is 0.00755. The molecule has 1 fully saturated rings. The van der Waals surface area contributed by atoms with Crippen LogP contribution in [0.3, 0.4) is 0 Å². The Kier molecular flexibility index (Phi) is 11.6. The number of esters is 1. The van der Waals surface area contributed by atoms with E-state index in [1.807, 2.05) is 12.1 Å². The molecule has 38 heavy (non-hydrogen) atoms. The number of carbonyl (C=O) groups excluding carboxylic acids is 2. The third kappa shape index (κ3) is 8.27. The van der Waals surface area contributed by atoms with Crippen molar-refractivity contribution in [1.82, 2.24) is 20.5 Å². The number of carbonyl (C=O) groups is 2. The molecule has 0 spiro atoms. The highest BCUT2D eigenvalue weighted by Crippen LogP contribution is 2.25. The zero-order valence-electron chi connectivity index (χ0n) is 21.7. The van der Waals surface area contributed by atoms with Crippen molar-refractivity contribution in [3.8, 4) is 5.88 Å². The highest BCUT2D eigenvalue weighted by atomic mass is 35.5. The number of pyridine rings is 1. The number of halogens is 1. The van der Waals surface area contributed by atoms with Crippen molar-refractivity contribution in [2.24, 2.45) is 0 Å². The third-order valence-corrected chi connectivity index (χ3v) is 6.63. The number of nitrogens with two attached hydrogens (primary N) is 1. The largest absolute Gasteiger partial charge is 0.480 e. The van der Waals surface area contributed by atoms with Gasteiger partial charge in [-0.15, -0.1) is 0 Å². The molecule has 208 valence electrons. The van der Waals surface area contributed by atoms with Crippen LogP contribution in [0.25, 0.3) is 0 Å². The second-order valence-corrected chi connectivity index (χ2v) is 9.35. The highest BCUT2D eigenvalue weighted by Gasteiger charge is 2.31. The van der Waals surface area contributed by atoms with Gasteiger partial charge in [-0.05, 0) is 30.2 Å². The Morgan fingerprint density at radius 3 is 2.71 bits per heavy atom. The van der Waals surface area contributed by atoms with Crippen LogP contribution >= 0.6 is 11.6 Å². The monoisotopic (exact) mass is 549 g/mol. The van der Waals surface area contributed by atoms with Gasteiger partial charge in [-0.2, -0.15) is 4.98 Å². The van der Waals surface area contributed by atoms with Crippen LogP contribution in [0.5, 0.6) is 5.88 Å². The van der Waals surface area contributed by atoms with Crippen molar-refractivity contribution in [2.75, 3.05) is 59.3 Å². The van der Waals surface area contributed by atoms with Gasteiger partial charge in [0.25, 0.3) is 5.91 Å². The first kappa shape index (κ1) is 29.6. The van der Waals surface area contributed by atoms with Gasteiger partial charge in [0.05, 0.1) is 36.4 Å². The molecule has 1 saturated heterocycles. The van der Waals surface area contributed by atoms with E-state index in [0.717, 1.165) is 31.6 Å². The van der Waals surface area contributed by atoms with Crippen LogP contribution in [-0.4, -0.2) is 92.6 Å². The van der Waals surface area contributed by atoms with Crippen LogP contribution in [0.15, 0.2) is 30.3 Å². The second-order valence-electron chi connectivity index (χ2n) is 8.94. The summed E-state index contributed by atoms with van der Waals surface area (Å²) >= 11 is 6.06. The summed E-state index contributed by atoms with van der Waals surface area (Å²) < 4.78 is 16.0. The van der Waals surface area contributed by atoms with Crippen LogP contribution in [-0.2, 0) is 16.0 Å². The summed E-state index contributed by atoms with van der Waals surface area (Å²) in [5.74, 6) is -0.514. The van der Waals surface area contributed by atoms with Gasteiger partial charge in [-0.3, -0.25) is 9.69 Å². The summed E-state index contributed by atoms with van der Waals surface area (Å²) in [5.41, 5.74) is 7.48. The summed E-state index contributed by atoms with van der Waals surface area (Å²) in [4.78, 5) is 31.2. The fraction of sp³-hybridized carbons (Fsp3) is 0.500. The summed E-state index contributed by atoms with van der Waals surface area (Å²) in [6.07, 6.45) is 0.968. The molecule has 0 bridgehead atoms. The molecule has 1 aromatic carbocycles. The molecule has 2 aromatic rings. The molecule has 3 rings (SSSR count). The molecule has 0 radical (unpaired) electrons. The average Bonchev–Trinajstić information content (AvgIpc) is 2.93. The van der Waals surface area contributed by atoms with Gasteiger partial charge < -0.3 is 35.7 Å². The van der Waals surface area contributed by atoms with E-state index in [4.69, 9.17) is 36.7 Å². The maximum Gasteiger partial charge on any atom is 0.338 e. The highest BCUT2D eigenvalue weighted by molar-refractivity contribution is 6.33. The first-order valence-electron chi connectivity index (χ1n) is 12.5. The predicted octanol–water partition coefficient (Wildman–Crippen LogP) is 1.47. The standard InChI is InChI=1S/C26H36ClN5O6/c1-36-22-16-32(10-8-21(22)30-24(34)19-14-20(27)23(28)31-25(19)37-2)11-9-29-15-17-4-6-18(7-5-17)26(35)38-13-3-12-33/h4-7,14,21-22,29,33H,3,8-13,15-16H2,1-2H3,(H2,28,31)(H,30,34). The summed E-state index contributed by atoms with van der Waals surface area (Å²) in [6, 6.07) is 8.55. The number of nitrogen functional groups attached to an aromatic ring is 1. The third-order valence-electron chi connectivity index (χ3n) is 6.33. The second kappa shape index (κ2) is 14.8. The fourth-order valence-corrected chi connectivity index (χ4v) is 4.33. The van der Waals surface area contributed by atoms with E-state index >= 15 is 0 Å². The average molecular weight is 550 g/mol. The van der Waals surface area contributed by atoms with E-state index in [2.05, 4.69) is 20.5 Å². The van der Waals surface area contributed by atoms with Crippen LogP contribution in [0, 0.1) is 0 Å². The van der Waals surface area contributed by atoms with E-state index in [0.29, 0.717) is 25.1 Å². The summed E-state index contributed by atoms with van der Waals surface area (Å²) in [7, 11) is 3.06. The maximum absolute atomic E-state index is 12.9. The first-order valence-corrected chi connectivity index (χ1v) is 12.9. The zero-order valence-corrected chi connectivity index (χ0v) is 22.5. The number of aliphatic hydroxyl groups is 1. The molecule has 1 aliphatic heterocycles. The number of nitrogens with one attached hydrogen (secondary N) is 2. The number of hydrogen-bond donors (Lipinski definition) is 4. The Bertz CT molecular complexity index is 1070. The molecular weight excluding hydrogens is 514 g/mol. The van der Waals surface area contributed by atoms with Crippen molar-refractivity contribution in [1.29, 1.82) is 0 Å². The van der Waals surface area contributed by atoms with Crippen molar-refractivity contribution in [2.45, 2.75) is 31.5 Å². The molecule has 2 atom stereocenters. The Labute approximate surface area is 227 Å². The van der Waals surface area contributed by atoms with Crippen molar-refractivity contribution in [3.05, 3.63) is 52.0 Å². The van der Waals surface area contributed by atoms with Crippen LogP contribution in [0.2, 0.25) is 5.02 Å². The molecule has 2 unspecified atom stereocenters. The lowest BCUT2D eigenvalue weighted by atomic mass is 10.0. The number of ether oxygens (including phenoxy) is 3. The van der Waals surface area contributed by atoms with Crippen LogP contribution in [0.1, 0.15) is 39.1 Å². The molecule has 1 amide bonds. The van der Waals surface area contributed by atoms with E-state index in [1.165, 1.54) is 13.2 Å². The zero-order chi connectivity index (χ0) is 27.5. The van der Waals surface area contributed by atoms with E-state index in [-0.39, 0.29) is 53.6 Å². The smallest absolute Gasteiger partial charge is 0.338 e. The SMILES string of the molecule is COc1nc(N)c(Cl)cc1C(=O)NC1CCN(CCNCc2ccc(C(=O)OCCCO)cc2)CC1OC. The molecule has 12 heteroatoms. The molecule has 0 aliphatic carbocycles. The number of hydrogen-bond acceptors (Lipinski definition) is 10. The number of methoxy groups -OCH3 is 2. The van der Waals surface area contributed by atoms with Crippen molar-refractivity contribution in [3.63, 3.8) is 0 Å². The molecular formula is C26H36ClN5O6. The van der Waals surface area contributed by atoms with Gasteiger partial charge in [-0.1, -0.05) is 23.7 Å². The van der Waals surface area contributed by atoms with E-state index < -0.39 is 5.97 Å². The minimum atomic E-state index is -0.390. The lowest BCUT2D eigenvalue weighted by Crippen LogP contribution is -2.55. The fourth-order valence-electron chi connectivity index (χ4n) is 4.18. The molecule has 0 saturated carbocycles. The van der Waals surface area contributed by atoms with E-state index in [1.54, 1.807) is 19.2 Å². The molecule has 1 aliphatic rings. The predicted molar refractivity (Wildman–Crippen MR) is 143 cm³/mol. The Balaban J connectivity index is 1.42. The van der Waals surface area contributed by atoms with E-state index in [9.17, 15) is 9.59 Å². The molecule has 1 aromatic heterocycles. The normalized spacial score (nSPS) is 17.7. The first-order chi connectivity index (χ1) is 18.4. The molecule has 2 heterocycles. The van der Waals surface area contributed by atoms with Gasteiger partial charge in [-0.25, -0.2) is 4.79 Å². The van der Waals surface area contributed by atoms with Crippen molar-refractivity contribution < 1.29 is 28.9 Å². The number of benzene rings is 1. The lowest BCUT2D eigenvalue weighted by Gasteiger charge is -2.38. The summed E-state index contributed by atoms with van der Waals surface area (Å²) in [5, 5.41) is 15.4. The minimum Gasteiger partial charge on any atom is -0.480 e. The molecule has 5 N–H and O–H groups in total. The van der Waals surface area contributed by atoms with Gasteiger partial charge in [0.15, 0.2) is 0 Å². The number of anilines is 1. The number of piperidine rings is 1. The Hall–Kier alpha value is -2.96. The number of rotatable bonds is 13. The number of likely N-dealkylation sites (tertiary alicyclic amines) is 1. The van der Waals surface area contributed by atoms with Gasteiger partial charge >= 0.3 is 5.97 Å². The number of amides is 1. The van der Waals surface area contributed by atoms with Crippen LogP contribution in [0.4, 0.5) is 5.82 Å². The topological polar surface area (TPSA) is 148 Å². The van der Waals surface area contributed by atoms with Crippen molar-refractivity contribution >= 4 is 29.3 Å². The maximum atomic E-state index is 12.9. The van der Waals surface area contributed by atoms with Gasteiger partial charge in [0.2, 0.25) is 5.88 Å². The lowest BCUT2D eigenvalue weighted by molar-refractivity contribution is 0.00676. The van der Waals surface area contributed by atoms with Gasteiger partial charge in [0.1, 0.15) is 11.4 Å². The van der Waals surface area contributed by atoms with Gasteiger partial charge in [0, 0.05) is 52.9 Å². The number of aliphatic hydroxyl groups excluding tert-OH is 1. The quantitative estimate of drug-likeness (QED) is 0.214. The number of aromatic nitrogens is 1. The van der Waals surface area contributed by atoms with Crippen LogP contribution < -0.4 is 21.1 Å².